The molecule has 4 atom stereocenters. The molecular weight excluding hydrogens is 1060 g/mol. The molecule has 79 heavy (non-hydrogen) atoms. The maximum Gasteiger partial charge on any atom is 0.411 e. The number of hydrogen-bond donors (Lipinski definition) is 5. The molecule has 4 aromatic heterocycles. The van der Waals surface area contributed by atoms with Crippen LogP contribution in [0, 0.1) is 10.4 Å². The number of nitrogens with zero attached hydrogens (tertiary/aromatic N) is 12. The number of methoxy groups -OCH3 is 2. The van der Waals surface area contributed by atoms with Crippen LogP contribution >= 0.6 is 23.2 Å². The number of carbonyl (C=O) groups is 2. The van der Waals surface area contributed by atoms with Gasteiger partial charge in [-0.1, -0.05) is 47.5 Å². The van der Waals surface area contributed by atoms with Crippen LogP contribution in [0.3, 0.4) is 0 Å². The average molecular weight is 1100 g/mol. The number of aliphatic hydroxyl groups excluding tert-OH is 2. The molecule has 0 spiro atoms. The van der Waals surface area contributed by atoms with Crippen LogP contribution in [0.2, 0.25) is 10.0 Å². The van der Waals surface area contributed by atoms with Crippen molar-refractivity contribution in [2.45, 2.75) is 49.4 Å². The van der Waals surface area contributed by atoms with Crippen molar-refractivity contribution in [3.8, 4) is 33.6 Å². The van der Waals surface area contributed by atoms with Crippen molar-refractivity contribution in [1.29, 1.82) is 0 Å². The van der Waals surface area contributed by atoms with E-state index >= 15 is 0 Å². The SMILES string of the molecule is COC(=O)Nc1ccc(C2=CN=C(C3(O)CC(O)c4cc(-c5cc(Cl)ccc5-n5cnnn5)c[n+]([O-])c43)C2)cc1.COC(=O)Nc1ccc(C2=CN=C(C3CC(O)c4cc(-c5cc(Cl)ccc5-n5cnnn5)c[n+]([O-])c43)C2)cc1. The highest BCUT2D eigenvalue weighted by atomic mass is 35.5. The Morgan fingerprint density at radius 2 is 1.19 bits per heavy atom. The van der Waals surface area contributed by atoms with Crippen LogP contribution < -0.4 is 20.1 Å². The summed E-state index contributed by atoms with van der Waals surface area (Å²) < 4.78 is 13.6. The summed E-state index contributed by atoms with van der Waals surface area (Å²) in [6.45, 7) is 0. The number of pyridine rings is 2. The number of amides is 2. The lowest BCUT2D eigenvalue weighted by Gasteiger charge is -2.23. The van der Waals surface area contributed by atoms with Gasteiger partial charge in [0.05, 0.1) is 60.6 Å². The van der Waals surface area contributed by atoms with E-state index in [9.17, 15) is 35.3 Å². The molecule has 6 heterocycles. The van der Waals surface area contributed by atoms with Crippen LogP contribution in [0.15, 0.2) is 144 Å². The van der Waals surface area contributed by atoms with Crippen LogP contribution in [0.25, 0.3) is 44.8 Å². The molecule has 0 bridgehead atoms. The fraction of sp³-hybridized carbons (Fsp3) is 0.185. The number of ether oxygens (including phenoxy) is 2. The zero-order valence-corrected chi connectivity index (χ0v) is 43.2. The number of aromatic nitrogens is 10. The van der Waals surface area contributed by atoms with E-state index in [4.69, 9.17) is 23.2 Å². The molecule has 4 unspecified atom stereocenters. The summed E-state index contributed by atoms with van der Waals surface area (Å²) in [7, 11) is 2.59. The highest BCUT2D eigenvalue weighted by Crippen LogP contribution is 2.48. The second kappa shape index (κ2) is 21.3. The lowest BCUT2D eigenvalue weighted by molar-refractivity contribution is -0.619. The van der Waals surface area contributed by atoms with E-state index in [-0.39, 0.29) is 24.5 Å². The van der Waals surface area contributed by atoms with Gasteiger partial charge in [0, 0.05) is 81.0 Å². The zero-order valence-electron chi connectivity index (χ0n) is 41.7. The third-order valence-corrected chi connectivity index (χ3v) is 14.5. The third kappa shape index (κ3) is 10.1. The normalized spacial score (nSPS) is 18.8. The highest BCUT2D eigenvalue weighted by Gasteiger charge is 2.53. The monoisotopic (exact) mass is 1100 g/mol. The molecular formula is C54H44Cl2N14O9. The Bertz CT molecular complexity index is 3820. The minimum atomic E-state index is -1.77. The molecule has 398 valence electrons. The fourth-order valence-corrected chi connectivity index (χ4v) is 10.6. The Kier molecular flexibility index (Phi) is 14.0. The molecule has 12 rings (SSSR count). The minimum absolute atomic E-state index is 0.0285. The standard InChI is InChI=1S/C27H22ClN7O5.C27H22ClN7O4/c1-40-26(37)31-19-5-2-15(3-6-19)16-9-24(29-12-16)27(38)11-23(36)21-8-17(13-35(39)25(21)27)20-10-18(28)4-7-22(20)34-14-30-32-33-34;1-39-27(37)31-19-5-2-15(3-6-19)16-9-23(29-12-16)21-11-25(36)22-8-17(13-35(38)26(21)22)20-10-18(28)4-7-24(20)34-14-30-32-33-34/h2-8,10,12-14,23,36,38H,9,11H2,1H3,(H,31,37);2-8,10,12-14,21,25,36H,9,11H2,1H3,(H,31,37). The van der Waals surface area contributed by atoms with Gasteiger partial charge >= 0.3 is 12.2 Å². The first-order valence-corrected chi connectivity index (χ1v) is 25.1. The number of fused-ring (bicyclic) bond motifs is 2. The maximum absolute atomic E-state index is 13.5. The van der Waals surface area contributed by atoms with E-state index in [1.807, 2.05) is 30.3 Å². The number of aliphatic hydroxyl groups is 3. The van der Waals surface area contributed by atoms with Crippen LogP contribution in [0.1, 0.15) is 77.5 Å². The molecule has 0 saturated carbocycles. The predicted molar refractivity (Wildman–Crippen MR) is 288 cm³/mol. The summed E-state index contributed by atoms with van der Waals surface area (Å²) in [5, 5.41) is 89.4. The van der Waals surface area contributed by atoms with Gasteiger partial charge in [0.2, 0.25) is 11.4 Å². The number of hydrogen-bond acceptors (Lipinski definition) is 17. The molecule has 4 aromatic carbocycles. The molecule has 2 amide bonds. The molecule has 25 heteroatoms. The molecule has 0 fully saturated rings. The summed E-state index contributed by atoms with van der Waals surface area (Å²) in [5.41, 5.74) is 9.04. The minimum Gasteiger partial charge on any atom is -0.618 e. The number of nitrogens with one attached hydrogen (secondary N) is 2. The van der Waals surface area contributed by atoms with Crippen LogP contribution in [0.5, 0.6) is 0 Å². The molecule has 2 aliphatic heterocycles. The van der Waals surface area contributed by atoms with Crippen LogP contribution in [-0.4, -0.2) is 93.6 Å². The number of allylic oxidation sites excluding steroid dienone is 2. The number of benzene rings is 4. The zero-order chi connectivity index (χ0) is 55.1. The Hall–Kier alpha value is -9.26. The Morgan fingerprint density at radius 1 is 0.671 bits per heavy atom. The molecule has 0 radical (unpaired) electrons. The number of anilines is 2. The van der Waals surface area contributed by atoms with Crippen molar-refractivity contribution in [3.05, 3.63) is 189 Å². The summed E-state index contributed by atoms with van der Waals surface area (Å²) in [6, 6.07) is 28.2. The van der Waals surface area contributed by atoms with Crippen molar-refractivity contribution in [2.24, 2.45) is 9.98 Å². The van der Waals surface area contributed by atoms with Gasteiger partial charge in [-0.15, -0.1) is 10.2 Å². The maximum atomic E-state index is 13.5. The number of rotatable bonds is 10. The first kappa shape index (κ1) is 51.8. The van der Waals surface area contributed by atoms with Gasteiger partial charge in [-0.3, -0.25) is 20.6 Å². The number of tetrazole rings is 2. The van der Waals surface area contributed by atoms with E-state index < -0.39 is 30.0 Å². The first-order valence-electron chi connectivity index (χ1n) is 24.3. The lowest BCUT2D eigenvalue weighted by atomic mass is 9.89. The molecule has 0 saturated heterocycles. The van der Waals surface area contributed by atoms with Crippen molar-refractivity contribution in [3.63, 3.8) is 0 Å². The van der Waals surface area contributed by atoms with Gasteiger partial charge < -0.3 is 35.2 Å². The largest absolute Gasteiger partial charge is 0.618 e. The third-order valence-electron chi connectivity index (χ3n) is 14.0. The second-order valence-electron chi connectivity index (χ2n) is 18.7. The summed E-state index contributed by atoms with van der Waals surface area (Å²) >= 11 is 12.6. The fourth-order valence-electron chi connectivity index (χ4n) is 10.3. The Morgan fingerprint density at radius 3 is 1.72 bits per heavy atom. The Labute approximate surface area is 458 Å². The van der Waals surface area contributed by atoms with Gasteiger partial charge in [0.15, 0.2) is 18.0 Å². The van der Waals surface area contributed by atoms with Crippen molar-refractivity contribution in [2.75, 3.05) is 24.9 Å². The first-order chi connectivity index (χ1) is 38.2. The molecule has 4 aliphatic rings. The Balaban J connectivity index is 0.000000167. The summed E-state index contributed by atoms with van der Waals surface area (Å²) in [5.74, 6) is -0.325. The van der Waals surface area contributed by atoms with Crippen LogP contribution in [0.4, 0.5) is 21.0 Å². The van der Waals surface area contributed by atoms with Crippen molar-refractivity contribution >= 4 is 69.3 Å². The van der Waals surface area contributed by atoms with E-state index in [0.717, 1.165) is 32.7 Å². The van der Waals surface area contributed by atoms with Crippen molar-refractivity contribution in [1.82, 2.24) is 40.4 Å². The van der Waals surface area contributed by atoms with E-state index in [0.29, 0.717) is 95.2 Å². The van der Waals surface area contributed by atoms with E-state index in [1.54, 1.807) is 79.1 Å². The summed E-state index contributed by atoms with van der Waals surface area (Å²) in [6.07, 6.45) is 7.13. The topological polar surface area (TPSA) is 303 Å². The van der Waals surface area contributed by atoms with Gasteiger partial charge in [-0.2, -0.15) is 18.8 Å². The van der Waals surface area contributed by atoms with Gasteiger partial charge in [-0.25, -0.2) is 9.59 Å². The smallest absolute Gasteiger partial charge is 0.411 e. The lowest BCUT2D eigenvalue weighted by Crippen LogP contribution is -2.45. The van der Waals surface area contributed by atoms with Gasteiger partial charge in [0.1, 0.15) is 12.7 Å². The second-order valence-corrected chi connectivity index (χ2v) is 19.6. The quantitative estimate of drug-likeness (QED) is 0.0654. The number of aliphatic imine (C=N–C) groups is 2. The molecule has 23 nitrogen and oxygen atoms in total. The van der Waals surface area contributed by atoms with Gasteiger partial charge in [-0.05, 0) is 122 Å². The van der Waals surface area contributed by atoms with Crippen molar-refractivity contribution < 1.29 is 43.8 Å². The van der Waals surface area contributed by atoms with Gasteiger partial charge in [0.25, 0.3) is 0 Å². The van der Waals surface area contributed by atoms with E-state index in [1.165, 1.54) is 48.6 Å². The summed E-state index contributed by atoms with van der Waals surface area (Å²) in [4.78, 5) is 32.0. The number of carbonyl (C=O) groups excluding carboxylic acids is 2. The van der Waals surface area contributed by atoms with Crippen LogP contribution in [-0.2, 0) is 15.1 Å². The van der Waals surface area contributed by atoms with E-state index in [2.05, 4.69) is 61.1 Å². The molecule has 2 aliphatic carbocycles. The molecule has 8 aromatic rings. The molecule has 5 N–H and O–H groups in total. The highest BCUT2D eigenvalue weighted by molar-refractivity contribution is 6.31. The average Bonchev–Trinajstić information content (AvgIpc) is 4.38. The number of halogens is 2. The predicted octanol–water partition coefficient (Wildman–Crippen LogP) is 7.51.